The summed E-state index contributed by atoms with van der Waals surface area (Å²) in [5.74, 6) is -1.31. The van der Waals surface area contributed by atoms with Crippen LogP contribution in [0.2, 0.25) is 0 Å². The minimum absolute atomic E-state index is 0.00608. The predicted molar refractivity (Wildman–Crippen MR) is 141 cm³/mol. The van der Waals surface area contributed by atoms with Gasteiger partial charge in [0.05, 0.1) is 22.4 Å². The molecule has 1 aliphatic heterocycles. The molecule has 39 heavy (non-hydrogen) atoms. The molecule has 2 N–H and O–H groups in total. The molecule has 0 bridgehead atoms. The number of aromatic hydroxyl groups is 2. The lowest BCUT2D eigenvalue weighted by atomic mass is 9.84. The number of phenols is 2. The van der Waals surface area contributed by atoms with Gasteiger partial charge in [-0.05, 0) is 70.4 Å². The molecule has 5 aromatic rings. The Morgan fingerprint density at radius 1 is 0.538 bits per heavy atom. The fourth-order valence-electron chi connectivity index (χ4n) is 5.07. The number of anilines is 1. The molecule has 5 nitrogen and oxygen atoms in total. The zero-order valence-corrected chi connectivity index (χ0v) is 20.0. The standard InChI is InChI=1S/C31H18F3NO4/c32-31(33,34)19-9-11-20(12-10-19)35-29(38)27-25(17-5-13-21(36)14-6-17)23-3-1-2-4-24(23)26(28(27)30(35)39)18-7-15-22(37)16-8-18/h1-16,36-37H. The van der Waals surface area contributed by atoms with E-state index in [1.54, 1.807) is 36.4 Å². The van der Waals surface area contributed by atoms with E-state index >= 15 is 0 Å². The predicted octanol–water partition coefficient (Wildman–Crippen LogP) is 7.40. The van der Waals surface area contributed by atoms with Gasteiger partial charge in [0.1, 0.15) is 11.5 Å². The number of fused-ring (bicyclic) bond motifs is 2. The van der Waals surface area contributed by atoms with Crippen molar-refractivity contribution >= 4 is 28.3 Å². The average molecular weight is 525 g/mol. The zero-order chi connectivity index (χ0) is 27.5. The minimum Gasteiger partial charge on any atom is -0.508 e. The van der Waals surface area contributed by atoms with Gasteiger partial charge in [-0.15, -0.1) is 0 Å². The lowest BCUT2D eigenvalue weighted by Crippen LogP contribution is -2.29. The van der Waals surface area contributed by atoms with Crippen LogP contribution in [0.15, 0.2) is 97.1 Å². The molecule has 0 spiro atoms. The quantitative estimate of drug-likeness (QED) is 0.241. The van der Waals surface area contributed by atoms with E-state index in [-0.39, 0.29) is 28.3 Å². The number of hydrogen-bond donors (Lipinski definition) is 2. The normalized spacial score (nSPS) is 13.3. The van der Waals surface area contributed by atoms with Crippen molar-refractivity contribution in [1.82, 2.24) is 0 Å². The van der Waals surface area contributed by atoms with Gasteiger partial charge in [0.25, 0.3) is 11.8 Å². The number of amides is 2. The Bertz CT molecular complexity index is 1670. The second-order valence-corrected chi connectivity index (χ2v) is 9.13. The first-order valence-electron chi connectivity index (χ1n) is 11.9. The molecule has 0 saturated carbocycles. The first kappa shape index (κ1) is 24.2. The Morgan fingerprint density at radius 2 is 0.949 bits per heavy atom. The second-order valence-electron chi connectivity index (χ2n) is 9.13. The summed E-state index contributed by atoms with van der Waals surface area (Å²) in [6.45, 7) is 0. The van der Waals surface area contributed by atoms with E-state index < -0.39 is 23.6 Å². The van der Waals surface area contributed by atoms with Crippen LogP contribution in [0.1, 0.15) is 26.3 Å². The van der Waals surface area contributed by atoms with Crippen molar-refractivity contribution in [2.24, 2.45) is 0 Å². The second kappa shape index (κ2) is 8.73. The highest BCUT2D eigenvalue weighted by Gasteiger charge is 2.42. The molecule has 5 aromatic carbocycles. The summed E-state index contributed by atoms with van der Waals surface area (Å²) in [6.07, 6.45) is -4.57. The summed E-state index contributed by atoms with van der Waals surface area (Å²) < 4.78 is 39.5. The average Bonchev–Trinajstić information content (AvgIpc) is 3.18. The topological polar surface area (TPSA) is 77.8 Å². The number of phenolic OH excluding ortho intramolecular Hbond substituents is 2. The maximum atomic E-state index is 14.0. The van der Waals surface area contributed by atoms with Crippen molar-refractivity contribution in [2.45, 2.75) is 6.18 Å². The molecule has 0 fully saturated rings. The Balaban J connectivity index is 1.67. The highest BCUT2D eigenvalue weighted by atomic mass is 19.4. The molecule has 1 heterocycles. The molecule has 0 unspecified atom stereocenters. The first-order valence-corrected chi connectivity index (χ1v) is 11.9. The summed E-state index contributed by atoms with van der Waals surface area (Å²) in [4.78, 5) is 28.9. The zero-order valence-electron chi connectivity index (χ0n) is 20.0. The molecule has 2 amide bonds. The summed E-state index contributed by atoms with van der Waals surface area (Å²) >= 11 is 0. The van der Waals surface area contributed by atoms with E-state index in [1.165, 1.54) is 24.3 Å². The molecule has 0 aliphatic carbocycles. The third-order valence-electron chi connectivity index (χ3n) is 6.81. The first-order chi connectivity index (χ1) is 18.6. The monoisotopic (exact) mass is 525 g/mol. The Hall–Kier alpha value is -5.11. The van der Waals surface area contributed by atoms with Gasteiger partial charge < -0.3 is 10.2 Å². The molecule has 8 heteroatoms. The van der Waals surface area contributed by atoms with Crippen molar-refractivity contribution in [1.29, 1.82) is 0 Å². The van der Waals surface area contributed by atoms with Crippen LogP contribution < -0.4 is 4.90 Å². The molecule has 0 atom stereocenters. The van der Waals surface area contributed by atoms with Gasteiger partial charge in [0.2, 0.25) is 0 Å². The molecule has 0 aromatic heterocycles. The molecule has 1 aliphatic rings. The van der Waals surface area contributed by atoms with Crippen LogP contribution in [-0.2, 0) is 6.18 Å². The molecule has 0 saturated heterocycles. The number of carbonyl (C=O) groups excluding carboxylic acids is 2. The number of benzene rings is 5. The Morgan fingerprint density at radius 3 is 1.33 bits per heavy atom. The molecule has 192 valence electrons. The van der Waals surface area contributed by atoms with E-state index in [2.05, 4.69) is 0 Å². The van der Waals surface area contributed by atoms with Gasteiger partial charge in [0.15, 0.2) is 0 Å². The number of halogens is 3. The number of hydrogen-bond acceptors (Lipinski definition) is 4. The number of alkyl halides is 3. The van der Waals surface area contributed by atoms with Crippen LogP contribution in [0.4, 0.5) is 18.9 Å². The molecule has 6 rings (SSSR count). The van der Waals surface area contributed by atoms with Gasteiger partial charge in [-0.3, -0.25) is 9.59 Å². The van der Waals surface area contributed by atoms with Crippen molar-refractivity contribution in [3.8, 4) is 33.8 Å². The van der Waals surface area contributed by atoms with E-state index in [4.69, 9.17) is 0 Å². The smallest absolute Gasteiger partial charge is 0.416 e. The summed E-state index contributed by atoms with van der Waals surface area (Å²) in [5.41, 5.74) is 1.40. The number of carbonyl (C=O) groups is 2. The lowest BCUT2D eigenvalue weighted by Gasteiger charge is -2.17. The van der Waals surface area contributed by atoms with Crippen molar-refractivity contribution in [3.63, 3.8) is 0 Å². The highest BCUT2D eigenvalue weighted by Crippen LogP contribution is 2.47. The van der Waals surface area contributed by atoms with Crippen molar-refractivity contribution < 1.29 is 33.0 Å². The Kier molecular flexibility index (Phi) is 5.43. The fraction of sp³-hybridized carbons (Fsp3) is 0.0323. The summed E-state index contributed by atoms with van der Waals surface area (Å²) in [7, 11) is 0. The van der Waals surface area contributed by atoms with Crippen LogP contribution in [0, 0.1) is 0 Å². The minimum atomic E-state index is -4.57. The van der Waals surface area contributed by atoms with Crippen LogP contribution in [0.5, 0.6) is 11.5 Å². The third kappa shape index (κ3) is 3.88. The number of rotatable bonds is 3. The lowest BCUT2D eigenvalue weighted by molar-refractivity contribution is -0.137. The van der Waals surface area contributed by atoms with Crippen LogP contribution >= 0.6 is 0 Å². The van der Waals surface area contributed by atoms with Crippen molar-refractivity contribution in [3.05, 3.63) is 114 Å². The number of nitrogens with zero attached hydrogens (tertiary/aromatic N) is 1. The van der Waals surface area contributed by atoms with Gasteiger partial charge in [0, 0.05) is 11.1 Å². The van der Waals surface area contributed by atoms with Crippen LogP contribution in [0.3, 0.4) is 0 Å². The van der Waals surface area contributed by atoms with Gasteiger partial charge in [-0.2, -0.15) is 13.2 Å². The van der Waals surface area contributed by atoms with Gasteiger partial charge in [-0.1, -0.05) is 48.5 Å². The summed E-state index contributed by atoms with van der Waals surface area (Å²) in [5, 5.41) is 21.1. The Labute approximate surface area is 220 Å². The van der Waals surface area contributed by atoms with Crippen LogP contribution in [0.25, 0.3) is 33.0 Å². The van der Waals surface area contributed by atoms with E-state index in [0.29, 0.717) is 33.0 Å². The molecular formula is C31H18F3NO4. The molecular weight excluding hydrogens is 507 g/mol. The van der Waals surface area contributed by atoms with Gasteiger partial charge in [-0.25, -0.2) is 4.90 Å². The van der Waals surface area contributed by atoms with Gasteiger partial charge >= 0.3 is 6.18 Å². The van der Waals surface area contributed by atoms with E-state index in [9.17, 15) is 33.0 Å². The maximum Gasteiger partial charge on any atom is 0.416 e. The van der Waals surface area contributed by atoms with E-state index in [0.717, 1.165) is 29.2 Å². The van der Waals surface area contributed by atoms with Crippen molar-refractivity contribution in [2.75, 3.05) is 4.90 Å². The largest absolute Gasteiger partial charge is 0.508 e. The maximum absolute atomic E-state index is 14.0. The van der Waals surface area contributed by atoms with Crippen LogP contribution in [-0.4, -0.2) is 22.0 Å². The SMILES string of the molecule is O=C1c2c(c(-c3ccc(O)cc3)c3ccccc3c2-c2ccc(O)cc2)C(=O)N1c1ccc(C(F)(F)F)cc1. The highest BCUT2D eigenvalue weighted by molar-refractivity contribution is 6.40. The fourth-order valence-corrected chi connectivity index (χ4v) is 5.07. The molecule has 0 radical (unpaired) electrons. The number of imide groups is 1. The van der Waals surface area contributed by atoms with E-state index in [1.807, 2.05) is 12.1 Å². The summed E-state index contributed by atoms with van der Waals surface area (Å²) in [6, 6.07) is 23.5. The third-order valence-corrected chi connectivity index (χ3v) is 6.81.